The molecule has 1 aromatic carbocycles. The van der Waals surface area contributed by atoms with Crippen molar-refractivity contribution in [3.05, 3.63) is 41.2 Å². The molecule has 1 aromatic rings. The molecule has 5 nitrogen and oxygen atoms in total. The molecule has 0 aromatic heterocycles. The van der Waals surface area contributed by atoms with E-state index in [0.717, 1.165) is 0 Å². The second-order valence-corrected chi connectivity index (χ2v) is 4.08. The molecular formula is C13H10FNO4. The van der Waals surface area contributed by atoms with Crippen LogP contribution in [-0.4, -0.2) is 34.3 Å². The number of carbonyl (C=O) groups is 3. The van der Waals surface area contributed by atoms with Crippen LogP contribution in [0.5, 0.6) is 0 Å². The number of halogens is 1. The molecule has 0 saturated carbocycles. The quantitative estimate of drug-likeness (QED) is 0.653. The number of amides is 2. The van der Waals surface area contributed by atoms with Crippen LogP contribution in [0.25, 0.3) is 6.08 Å². The first kappa shape index (κ1) is 12.9. The Balaban J connectivity index is 2.25. The predicted octanol–water partition coefficient (Wildman–Crippen LogP) is 1.05. The van der Waals surface area contributed by atoms with Gasteiger partial charge in [-0.05, 0) is 23.8 Å². The molecule has 0 aliphatic carbocycles. The molecule has 1 heterocycles. The number of benzene rings is 1. The molecule has 0 bridgehead atoms. The van der Waals surface area contributed by atoms with E-state index in [2.05, 4.69) is 0 Å². The van der Waals surface area contributed by atoms with Crippen molar-refractivity contribution in [2.45, 2.75) is 6.42 Å². The Bertz CT molecular complexity index is 594. The van der Waals surface area contributed by atoms with Crippen LogP contribution in [-0.2, 0) is 14.4 Å². The van der Waals surface area contributed by atoms with Crippen LogP contribution in [0.1, 0.15) is 12.0 Å². The van der Waals surface area contributed by atoms with Crippen molar-refractivity contribution in [2.75, 3.05) is 6.54 Å². The summed E-state index contributed by atoms with van der Waals surface area (Å²) < 4.78 is 13.0. The minimum absolute atomic E-state index is 0.164. The van der Waals surface area contributed by atoms with E-state index in [1.165, 1.54) is 24.3 Å². The molecule has 0 unspecified atom stereocenters. The van der Waals surface area contributed by atoms with Crippen molar-refractivity contribution >= 4 is 23.9 Å². The van der Waals surface area contributed by atoms with Crippen LogP contribution >= 0.6 is 0 Å². The van der Waals surface area contributed by atoms with Crippen LogP contribution in [0, 0.1) is 5.82 Å². The minimum atomic E-state index is -1.26. The summed E-state index contributed by atoms with van der Waals surface area (Å²) in [5, 5.41) is 8.61. The molecule has 1 N–H and O–H groups in total. The number of nitrogens with zero attached hydrogens (tertiary/aromatic N) is 1. The Morgan fingerprint density at radius 1 is 1.42 bits per heavy atom. The molecule has 2 rings (SSSR count). The normalized spacial score (nSPS) is 17.3. The summed E-state index contributed by atoms with van der Waals surface area (Å²) in [4.78, 5) is 34.5. The number of rotatable bonds is 3. The maximum atomic E-state index is 13.0. The van der Waals surface area contributed by atoms with E-state index in [0.29, 0.717) is 10.5 Å². The summed E-state index contributed by atoms with van der Waals surface area (Å²) in [6.07, 6.45) is 1.23. The van der Waals surface area contributed by atoms with Gasteiger partial charge in [-0.15, -0.1) is 0 Å². The van der Waals surface area contributed by atoms with Gasteiger partial charge in [0, 0.05) is 5.57 Å². The molecule has 1 saturated heterocycles. The highest BCUT2D eigenvalue weighted by Crippen LogP contribution is 2.21. The number of likely N-dealkylation sites (tertiary alicyclic amines) is 1. The maximum absolute atomic E-state index is 13.0. The molecule has 1 aliphatic rings. The van der Waals surface area contributed by atoms with Crippen molar-refractivity contribution in [1.82, 2.24) is 4.90 Å². The number of carboxylic acids is 1. The lowest BCUT2D eigenvalue weighted by atomic mass is 10.1. The van der Waals surface area contributed by atoms with Crippen LogP contribution in [0.15, 0.2) is 29.8 Å². The summed E-state index contributed by atoms with van der Waals surface area (Å²) in [6, 6.07) is 5.57. The zero-order chi connectivity index (χ0) is 14.0. The SMILES string of the molecule is O=C(O)CN1C(=O)C/C(=C\c2cccc(F)c2)C1=O. The molecule has 19 heavy (non-hydrogen) atoms. The average molecular weight is 263 g/mol. The molecule has 2 amide bonds. The average Bonchev–Trinajstić information content (AvgIpc) is 2.57. The first-order chi connectivity index (χ1) is 8.97. The van der Waals surface area contributed by atoms with Crippen molar-refractivity contribution in [3.8, 4) is 0 Å². The van der Waals surface area contributed by atoms with Crippen molar-refractivity contribution < 1.29 is 23.9 Å². The van der Waals surface area contributed by atoms with Gasteiger partial charge in [0.05, 0.1) is 6.42 Å². The number of imide groups is 1. The van der Waals surface area contributed by atoms with E-state index < -0.39 is 30.1 Å². The number of aliphatic carboxylic acids is 1. The second kappa shape index (κ2) is 5.01. The number of carboxylic acid groups (broad SMARTS) is 1. The van der Waals surface area contributed by atoms with E-state index in [9.17, 15) is 18.8 Å². The zero-order valence-electron chi connectivity index (χ0n) is 9.80. The number of hydrogen-bond donors (Lipinski definition) is 1. The molecule has 0 atom stereocenters. The van der Waals surface area contributed by atoms with E-state index in [4.69, 9.17) is 5.11 Å². The fraction of sp³-hybridized carbons (Fsp3) is 0.154. The topological polar surface area (TPSA) is 74.7 Å². The molecule has 0 spiro atoms. The Kier molecular flexibility index (Phi) is 3.41. The van der Waals surface area contributed by atoms with Gasteiger partial charge in [-0.2, -0.15) is 0 Å². The van der Waals surface area contributed by atoms with Crippen LogP contribution in [0.4, 0.5) is 4.39 Å². The van der Waals surface area contributed by atoms with Gasteiger partial charge in [-0.1, -0.05) is 12.1 Å². The highest BCUT2D eigenvalue weighted by atomic mass is 19.1. The van der Waals surface area contributed by atoms with Crippen LogP contribution < -0.4 is 0 Å². The monoisotopic (exact) mass is 263 g/mol. The first-order valence-corrected chi connectivity index (χ1v) is 5.50. The molecule has 6 heteroatoms. The third-order valence-electron chi connectivity index (χ3n) is 2.65. The Morgan fingerprint density at radius 3 is 2.79 bits per heavy atom. The van der Waals surface area contributed by atoms with Gasteiger partial charge in [0.15, 0.2) is 0 Å². The number of carbonyl (C=O) groups excluding carboxylic acids is 2. The molecule has 1 fully saturated rings. The Hall–Kier alpha value is -2.50. The zero-order valence-corrected chi connectivity index (χ0v) is 9.80. The summed E-state index contributed by atoms with van der Waals surface area (Å²) in [5.74, 6) is -2.91. The molecule has 98 valence electrons. The van der Waals surface area contributed by atoms with Crippen molar-refractivity contribution in [3.63, 3.8) is 0 Å². The third kappa shape index (κ3) is 2.85. The summed E-state index contributed by atoms with van der Waals surface area (Å²) in [6.45, 7) is -0.655. The van der Waals surface area contributed by atoms with Crippen LogP contribution in [0.3, 0.4) is 0 Å². The van der Waals surface area contributed by atoms with Gasteiger partial charge < -0.3 is 5.11 Å². The minimum Gasteiger partial charge on any atom is -0.480 e. The Labute approximate surface area is 107 Å². The highest BCUT2D eigenvalue weighted by Gasteiger charge is 2.34. The predicted molar refractivity (Wildman–Crippen MR) is 63.3 cm³/mol. The first-order valence-electron chi connectivity index (χ1n) is 5.50. The molecular weight excluding hydrogens is 253 g/mol. The van der Waals surface area contributed by atoms with Gasteiger partial charge in [-0.3, -0.25) is 19.3 Å². The summed E-state index contributed by atoms with van der Waals surface area (Å²) >= 11 is 0. The largest absolute Gasteiger partial charge is 0.480 e. The van der Waals surface area contributed by atoms with Gasteiger partial charge in [-0.25, -0.2) is 4.39 Å². The fourth-order valence-corrected chi connectivity index (χ4v) is 1.83. The van der Waals surface area contributed by atoms with E-state index in [-0.39, 0.29) is 12.0 Å². The summed E-state index contributed by atoms with van der Waals surface area (Å²) in [5.41, 5.74) is 0.616. The fourth-order valence-electron chi connectivity index (χ4n) is 1.83. The van der Waals surface area contributed by atoms with Crippen LogP contribution in [0.2, 0.25) is 0 Å². The second-order valence-electron chi connectivity index (χ2n) is 4.08. The lowest BCUT2D eigenvalue weighted by Gasteiger charge is -2.09. The maximum Gasteiger partial charge on any atom is 0.323 e. The van der Waals surface area contributed by atoms with Gasteiger partial charge in [0.2, 0.25) is 5.91 Å². The van der Waals surface area contributed by atoms with Gasteiger partial charge >= 0.3 is 5.97 Å². The summed E-state index contributed by atoms with van der Waals surface area (Å²) in [7, 11) is 0. The van der Waals surface area contributed by atoms with Gasteiger partial charge in [0.25, 0.3) is 5.91 Å². The van der Waals surface area contributed by atoms with E-state index in [1.807, 2.05) is 0 Å². The van der Waals surface area contributed by atoms with E-state index >= 15 is 0 Å². The Morgan fingerprint density at radius 2 is 2.16 bits per heavy atom. The third-order valence-corrected chi connectivity index (χ3v) is 2.65. The van der Waals surface area contributed by atoms with Crippen molar-refractivity contribution in [2.24, 2.45) is 0 Å². The standard InChI is InChI=1S/C13H10FNO4/c14-10-3-1-2-8(5-10)4-9-6-11(16)15(13(9)19)7-12(17)18/h1-5H,6-7H2,(H,17,18)/b9-4+. The smallest absolute Gasteiger partial charge is 0.323 e. The number of hydrogen-bond acceptors (Lipinski definition) is 3. The lowest BCUT2D eigenvalue weighted by molar-refractivity contribution is -0.148. The van der Waals surface area contributed by atoms with E-state index in [1.54, 1.807) is 6.07 Å². The van der Waals surface area contributed by atoms with Gasteiger partial charge in [0.1, 0.15) is 12.4 Å². The molecule has 0 radical (unpaired) electrons. The molecule has 1 aliphatic heterocycles. The lowest BCUT2D eigenvalue weighted by Crippen LogP contribution is -2.34. The van der Waals surface area contributed by atoms with Crippen molar-refractivity contribution in [1.29, 1.82) is 0 Å². The highest BCUT2D eigenvalue weighted by molar-refractivity contribution is 6.16.